The average molecular weight is 1450 g/mol. The molecule has 0 radical (unpaired) electrons. The number of rotatable bonds is 0. The molecule has 0 saturated carbocycles. The van der Waals surface area contributed by atoms with Crippen LogP contribution in [-0.2, 0) is 0 Å². The Labute approximate surface area is 314 Å². The van der Waals surface area contributed by atoms with Crippen molar-refractivity contribution in [3.05, 3.63) is 43.3 Å². The predicted octanol–water partition coefficient (Wildman–Crippen LogP) is 8.83. The van der Waals surface area contributed by atoms with Crippen LogP contribution in [0, 0.1) is 46.0 Å². The second kappa shape index (κ2) is 10.4. The Morgan fingerprint density at radius 3 is 1.62 bits per heavy atom. The largest absolute Gasteiger partial charge is 0.457 e. The molecule has 2 aliphatic rings. The molecular weight excluding hydrogens is 1440 g/mol. The summed E-state index contributed by atoms with van der Waals surface area (Å²) in [6, 6.07) is 0. The van der Waals surface area contributed by atoms with Crippen molar-refractivity contribution in [3.8, 4) is 11.5 Å². The molecule has 32 heavy (non-hydrogen) atoms. The van der Waals surface area contributed by atoms with Crippen molar-refractivity contribution in [3.63, 3.8) is 0 Å². The molecule has 1 nitrogen and oxygen atoms in total. The van der Waals surface area contributed by atoms with E-state index in [9.17, 15) is 0 Å². The summed E-state index contributed by atoms with van der Waals surface area (Å²) in [5, 5.41) is 0. The molecular formula is C20H6BI9OS. The zero-order valence-electron chi connectivity index (χ0n) is 15.8. The molecule has 5 rings (SSSR count). The Morgan fingerprint density at radius 1 is 0.500 bits per heavy atom. The van der Waals surface area contributed by atoms with E-state index in [1.807, 2.05) is 11.8 Å². The van der Waals surface area contributed by atoms with Crippen molar-refractivity contribution >= 4 is 238 Å². The van der Waals surface area contributed by atoms with E-state index in [1.54, 1.807) is 0 Å². The molecule has 0 saturated heterocycles. The van der Waals surface area contributed by atoms with E-state index < -0.39 is 0 Å². The summed E-state index contributed by atoms with van der Waals surface area (Å²) in [4.78, 5) is 2.78. The van der Waals surface area contributed by atoms with Crippen molar-refractivity contribution in [2.24, 2.45) is 0 Å². The molecule has 2 heterocycles. The maximum atomic E-state index is 6.83. The Hall–Kier alpha value is 4.44. The van der Waals surface area contributed by atoms with Gasteiger partial charge in [-0.25, -0.2) is 0 Å². The minimum absolute atomic E-state index is 0.185. The zero-order valence-corrected chi connectivity index (χ0v) is 36.0. The van der Waals surface area contributed by atoms with E-state index in [2.05, 4.69) is 217 Å². The lowest BCUT2D eigenvalue weighted by Crippen LogP contribution is -2.61. The standard InChI is InChI=1S/C20H6BI9OS/c1-3-4(2)17-5(9(23)8(3)22)21-6-10(24)11(25)12(26)15(29)19(6)32-20-7(21)18(31-17)14(28)13(27)16(20)30/h1-2H3. The van der Waals surface area contributed by atoms with Crippen LogP contribution in [0.1, 0.15) is 11.1 Å². The van der Waals surface area contributed by atoms with Gasteiger partial charge in [-0.15, -0.1) is 0 Å². The first-order valence-corrected chi connectivity index (χ1v) is 19.4. The second-order valence-corrected chi connectivity index (χ2v) is 18.0. The van der Waals surface area contributed by atoms with Gasteiger partial charge in [-0.05, 0) is 245 Å². The van der Waals surface area contributed by atoms with Gasteiger partial charge in [0.2, 0.25) is 0 Å². The molecule has 0 atom stereocenters. The first-order valence-electron chi connectivity index (χ1n) is 8.88. The van der Waals surface area contributed by atoms with Crippen molar-refractivity contribution in [1.29, 1.82) is 0 Å². The summed E-state index contributed by atoms with van der Waals surface area (Å²) in [5.41, 5.74) is 6.72. The zero-order chi connectivity index (χ0) is 23.4. The van der Waals surface area contributed by atoms with Gasteiger partial charge in [0.1, 0.15) is 11.5 Å². The van der Waals surface area contributed by atoms with Crippen LogP contribution in [0.5, 0.6) is 11.5 Å². The summed E-state index contributed by atoms with van der Waals surface area (Å²) < 4.78 is 18.8. The summed E-state index contributed by atoms with van der Waals surface area (Å²) in [6.07, 6.45) is 0. The van der Waals surface area contributed by atoms with Gasteiger partial charge >= 0.3 is 0 Å². The fourth-order valence-corrected chi connectivity index (χ4v) is 13.9. The summed E-state index contributed by atoms with van der Waals surface area (Å²) in [6.45, 7) is 4.62. The van der Waals surface area contributed by atoms with Crippen LogP contribution < -0.4 is 21.1 Å². The van der Waals surface area contributed by atoms with Gasteiger partial charge in [-0.1, -0.05) is 11.8 Å². The quantitative estimate of drug-likeness (QED) is 0.0665. The van der Waals surface area contributed by atoms with Crippen molar-refractivity contribution < 1.29 is 4.74 Å². The number of hydrogen-bond acceptors (Lipinski definition) is 2. The molecule has 3 aromatic rings. The number of benzene rings is 3. The lowest BCUT2D eigenvalue weighted by Gasteiger charge is -2.37. The smallest absolute Gasteiger partial charge is 0.256 e. The molecule has 12 heteroatoms. The van der Waals surface area contributed by atoms with Crippen molar-refractivity contribution in [1.82, 2.24) is 0 Å². The molecule has 0 amide bonds. The van der Waals surface area contributed by atoms with Gasteiger partial charge in [0.05, 0.1) is 3.57 Å². The Bertz CT molecular complexity index is 1270. The van der Waals surface area contributed by atoms with Gasteiger partial charge < -0.3 is 4.74 Å². The van der Waals surface area contributed by atoms with Crippen LogP contribution in [-0.4, -0.2) is 6.71 Å². The van der Waals surface area contributed by atoms with Crippen LogP contribution >= 0.6 is 215 Å². The maximum absolute atomic E-state index is 6.83. The highest BCUT2D eigenvalue weighted by Crippen LogP contribution is 2.47. The number of halogens is 9. The molecule has 2 aliphatic heterocycles. The number of ether oxygens (including phenoxy) is 1. The topological polar surface area (TPSA) is 9.23 Å². The normalized spacial score (nSPS) is 13.5. The van der Waals surface area contributed by atoms with Crippen LogP contribution in [0.25, 0.3) is 0 Å². The third-order valence-electron chi connectivity index (χ3n) is 5.71. The monoisotopic (exact) mass is 1450 g/mol. The lowest BCUT2D eigenvalue weighted by molar-refractivity contribution is 0.477. The fourth-order valence-electron chi connectivity index (χ4n) is 4.03. The first-order chi connectivity index (χ1) is 15.0. The van der Waals surface area contributed by atoms with E-state index in [-0.39, 0.29) is 6.71 Å². The number of fused-ring (bicyclic) bond motifs is 4. The molecule has 0 aromatic heterocycles. The van der Waals surface area contributed by atoms with Crippen LogP contribution in [0.3, 0.4) is 0 Å². The van der Waals surface area contributed by atoms with E-state index in [0.29, 0.717) is 0 Å². The first kappa shape index (κ1) is 28.0. The van der Waals surface area contributed by atoms with E-state index in [1.165, 1.54) is 69.4 Å². The molecule has 0 fully saturated rings. The molecule has 0 spiro atoms. The Morgan fingerprint density at radius 2 is 1.00 bits per heavy atom. The van der Waals surface area contributed by atoms with Crippen molar-refractivity contribution in [2.45, 2.75) is 23.6 Å². The van der Waals surface area contributed by atoms with E-state index in [4.69, 9.17) is 4.74 Å². The van der Waals surface area contributed by atoms with Gasteiger partial charge in [0.15, 0.2) is 0 Å². The minimum atomic E-state index is 0.185. The summed E-state index contributed by atoms with van der Waals surface area (Å²) in [5.74, 6) is 2.11. The van der Waals surface area contributed by atoms with Gasteiger partial charge in [-0.2, -0.15) is 0 Å². The second-order valence-electron chi connectivity index (χ2n) is 7.27. The fraction of sp³-hybridized carbons (Fsp3) is 0.100. The number of hydrogen-bond donors (Lipinski definition) is 0. The highest BCUT2D eigenvalue weighted by Gasteiger charge is 2.46. The highest BCUT2D eigenvalue weighted by molar-refractivity contribution is 14.1. The maximum Gasteiger partial charge on any atom is 0.256 e. The molecule has 0 bridgehead atoms. The van der Waals surface area contributed by atoms with Crippen LogP contribution in [0.4, 0.5) is 0 Å². The Balaban J connectivity index is 2.03. The van der Waals surface area contributed by atoms with Gasteiger partial charge in [0, 0.05) is 38.4 Å². The van der Waals surface area contributed by atoms with Crippen LogP contribution in [0.15, 0.2) is 9.79 Å². The molecule has 0 N–H and O–H groups in total. The molecule has 3 aromatic carbocycles. The SMILES string of the molecule is Cc1c(C)c2c(c(I)c1I)B1c3c(I)c(I)c(I)c(I)c3Sc3c(I)c(I)c(I)c(c31)O2. The van der Waals surface area contributed by atoms with E-state index >= 15 is 0 Å². The third-order valence-corrected chi connectivity index (χ3v) is 23.9. The minimum Gasteiger partial charge on any atom is -0.457 e. The average Bonchev–Trinajstić information content (AvgIpc) is 2.79. The van der Waals surface area contributed by atoms with E-state index in [0.717, 1.165) is 11.5 Å². The summed E-state index contributed by atoms with van der Waals surface area (Å²) >= 11 is 24.7. The molecule has 0 aliphatic carbocycles. The van der Waals surface area contributed by atoms with Gasteiger partial charge in [-0.3, -0.25) is 0 Å². The molecule has 0 unspecified atom stereocenters. The van der Waals surface area contributed by atoms with Crippen molar-refractivity contribution in [2.75, 3.05) is 0 Å². The predicted molar refractivity (Wildman–Crippen MR) is 212 cm³/mol. The van der Waals surface area contributed by atoms with Crippen LogP contribution in [0.2, 0.25) is 0 Å². The van der Waals surface area contributed by atoms with Gasteiger partial charge in [0.25, 0.3) is 6.71 Å². The Kier molecular flexibility index (Phi) is 9.14. The summed E-state index contributed by atoms with van der Waals surface area (Å²) in [7, 11) is 0. The molecule has 164 valence electrons. The highest BCUT2D eigenvalue weighted by atomic mass is 127. The lowest BCUT2D eigenvalue weighted by atomic mass is 9.35. The third kappa shape index (κ3) is 4.14.